The van der Waals surface area contributed by atoms with Crippen molar-refractivity contribution in [2.75, 3.05) is 12.9 Å². The summed E-state index contributed by atoms with van der Waals surface area (Å²) in [6, 6.07) is 8.61. The summed E-state index contributed by atoms with van der Waals surface area (Å²) in [6.45, 7) is 4.42. The molecule has 0 saturated heterocycles. The molecule has 30 heavy (non-hydrogen) atoms. The van der Waals surface area contributed by atoms with Crippen LogP contribution in [0.15, 0.2) is 29.4 Å². The van der Waals surface area contributed by atoms with Crippen molar-refractivity contribution in [1.82, 2.24) is 20.1 Å². The fourth-order valence-corrected chi connectivity index (χ4v) is 5.23. The average Bonchev–Trinajstić information content (AvgIpc) is 3.53. The highest BCUT2D eigenvalue weighted by molar-refractivity contribution is 7.99. The fraction of sp³-hybridized carbons (Fsp3) is 0.609. The van der Waals surface area contributed by atoms with Gasteiger partial charge in [-0.05, 0) is 68.7 Å². The minimum absolute atomic E-state index is 0.0802. The van der Waals surface area contributed by atoms with Gasteiger partial charge in [0.2, 0.25) is 5.91 Å². The molecule has 162 valence electrons. The highest BCUT2D eigenvalue weighted by atomic mass is 32.2. The number of rotatable bonds is 8. The van der Waals surface area contributed by atoms with E-state index in [0.717, 1.165) is 28.7 Å². The van der Waals surface area contributed by atoms with Crippen molar-refractivity contribution >= 4 is 17.7 Å². The van der Waals surface area contributed by atoms with Gasteiger partial charge in [0.05, 0.1) is 12.9 Å². The maximum atomic E-state index is 12.5. The lowest BCUT2D eigenvalue weighted by Gasteiger charge is -2.31. The number of benzene rings is 1. The van der Waals surface area contributed by atoms with Gasteiger partial charge >= 0.3 is 0 Å². The second kappa shape index (κ2) is 9.41. The molecule has 1 aromatic carbocycles. The molecule has 2 saturated carbocycles. The summed E-state index contributed by atoms with van der Waals surface area (Å²) in [7, 11) is 1.67. The number of aromatic nitrogens is 3. The molecule has 1 amide bonds. The minimum Gasteiger partial charge on any atom is -0.497 e. The van der Waals surface area contributed by atoms with Crippen LogP contribution in [-0.2, 0) is 4.79 Å². The summed E-state index contributed by atoms with van der Waals surface area (Å²) in [6.07, 6.45) is 7.30. The van der Waals surface area contributed by atoms with Crippen molar-refractivity contribution in [2.45, 2.75) is 69.6 Å². The summed E-state index contributed by atoms with van der Waals surface area (Å²) in [5.74, 6) is 3.38. The molecule has 0 unspecified atom stereocenters. The molecule has 6 nitrogen and oxygen atoms in total. The number of carbonyl (C=O) groups excluding carboxylic acids is 1. The topological polar surface area (TPSA) is 69.0 Å². The Balaban J connectivity index is 1.55. The molecule has 3 atom stereocenters. The lowest BCUT2D eigenvalue weighted by molar-refractivity contribution is -0.119. The van der Waals surface area contributed by atoms with Crippen LogP contribution < -0.4 is 10.1 Å². The van der Waals surface area contributed by atoms with E-state index in [9.17, 15) is 4.79 Å². The molecule has 7 heteroatoms. The Kier molecular flexibility index (Phi) is 6.66. The van der Waals surface area contributed by atoms with E-state index in [-0.39, 0.29) is 11.9 Å². The third-order valence-electron chi connectivity index (χ3n) is 6.46. The molecule has 0 bridgehead atoms. The molecule has 1 N–H and O–H groups in total. The zero-order chi connectivity index (χ0) is 21.1. The van der Waals surface area contributed by atoms with E-state index in [1.807, 2.05) is 24.3 Å². The first-order valence-corrected chi connectivity index (χ1v) is 12.1. The number of ether oxygens (including phenoxy) is 1. The molecular weight excluding hydrogens is 396 g/mol. The monoisotopic (exact) mass is 428 g/mol. The second-order valence-electron chi connectivity index (χ2n) is 8.72. The maximum Gasteiger partial charge on any atom is 0.230 e. The summed E-state index contributed by atoms with van der Waals surface area (Å²) < 4.78 is 7.59. The number of thioether (sulfide) groups is 1. The normalized spacial score (nSPS) is 22.5. The molecule has 2 aromatic rings. The van der Waals surface area contributed by atoms with Gasteiger partial charge in [-0.3, -0.25) is 9.36 Å². The first kappa shape index (κ1) is 21.2. The molecule has 0 spiro atoms. The number of hydrogen-bond donors (Lipinski definition) is 1. The Bertz CT molecular complexity index is 863. The van der Waals surface area contributed by atoms with E-state index >= 15 is 0 Å². The van der Waals surface area contributed by atoms with Crippen molar-refractivity contribution in [3.8, 4) is 17.1 Å². The Labute approximate surface area is 183 Å². The van der Waals surface area contributed by atoms with Crippen molar-refractivity contribution < 1.29 is 9.53 Å². The van der Waals surface area contributed by atoms with Crippen molar-refractivity contribution in [2.24, 2.45) is 11.8 Å². The summed E-state index contributed by atoms with van der Waals surface area (Å²) in [5.41, 5.74) is 1.03. The summed E-state index contributed by atoms with van der Waals surface area (Å²) in [4.78, 5) is 12.5. The van der Waals surface area contributed by atoms with Crippen molar-refractivity contribution in [1.29, 1.82) is 0 Å². The van der Waals surface area contributed by atoms with Crippen molar-refractivity contribution in [3.63, 3.8) is 0 Å². The highest BCUT2D eigenvalue weighted by Gasteiger charge is 2.30. The predicted octanol–water partition coefficient (Wildman–Crippen LogP) is 4.71. The van der Waals surface area contributed by atoms with Crippen LogP contribution in [0.25, 0.3) is 11.4 Å². The van der Waals surface area contributed by atoms with E-state index < -0.39 is 0 Å². The van der Waals surface area contributed by atoms with Crippen LogP contribution in [0.3, 0.4) is 0 Å². The van der Waals surface area contributed by atoms with E-state index in [1.165, 1.54) is 43.9 Å². The van der Waals surface area contributed by atoms with Gasteiger partial charge < -0.3 is 10.1 Å². The predicted molar refractivity (Wildman–Crippen MR) is 120 cm³/mol. The Hall–Kier alpha value is -2.02. The van der Waals surface area contributed by atoms with E-state index in [4.69, 9.17) is 4.74 Å². The quantitative estimate of drug-likeness (QED) is 0.617. The molecule has 2 fully saturated rings. The first-order chi connectivity index (χ1) is 14.6. The van der Waals surface area contributed by atoms with E-state index in [1.54, 1.807) is 7.11 Å². The molecule has 0 aliphatic heterocycles. The molecule has 0 radical (unpaired) electrons. The van der Waals surface area contributed by atoms with Crippen LogP contribution in [0.2, 0.25) is 0 Å². The SMILES string of the molecule is COc1ccc(-c2nnc(SCC(=O)N[C@@H](C)C3CC3)n2[C@H]2CCCC[C@@H]2C)cc1. The highest BCUT2D eigenvalue weighted by Crippen LogP contribution is 2.39. The van der Waals surface area contributed by atoms with Gasteiger partial charge in [-0.1, -0.05) is 31.5 Å². The first-order valence-electron chi connectivity index (χ1n) is 11.1. The van der Waals surface area contributed by atoms with Gasteiger partial charge in [-0.15, -0.1) is 10.2 Å². The summed E-state index contributed by atoms with van der Waals surface area (Å²) in [5, 5.41) is 13.0. The number of amides is 1. The smallest absolute Gasteiger partial charge is 0.230 e. The Morgan fingerprint density at radius 2 is 1.93 bits per heavy atom. The number of hydrogen-bond acceptors (Lipinski definition) is 5. The van der Waals surface area contributed by atoms with Crippen LogP contribution in [0, 0.1) is 11.8 Å². The third kappa shape index (κ3) is 4.82. The zero-order valence-corrected chi connectivity index (χ0v) is 19.0. The lowest BCUT2D eigenvalue weighted by Crippen LogP contribution is -2.35. The van der Waals surface area contributed by atoms with Crippen LogP contribution in [0.5, 0.6) is 5.75 Å². The molecule has 2 aliphatic rings. The van der Waals surface area contributed by atoms with Crippen LogP contribution in [-0.4, -0.2) is 39.6 Å². The maximum absolute atomic E-state index is 12.5. The molecule has 4 rings (SSSR count). The van der Waals surface area contributed by atoms with Gasteiger partial charge in [0.25, 0.3) is 0 Å². The van der Waals surface area contributed by atoms with Gasteiger partial charge in [0.1, 0.15) is 5.75 Å². The van der Waals surface area contributed by atoms with Gasteiger partial charge in [-0.25, -0.2) is 0 Å². The van der Waals surface area contributed by atoms with E-state index in [2.05, 4.69) is 33.9 Å². The molecular formula is C23H32N4O2S. The molecule has 1 heterocycles. The third-order valence-corrected chi connectivity index (χ3v) is 7.40. The van der Waals surface area contributed by atoms with E-state index in [0.29, 0.717) is 23.6 Å². The van der Waals surface area contributed by atoms with Gasteiger partial charge in [0, 0.05) is 17.6 Å². The van der Waals surface area contributed by atoms with Crippen LogP contribution >= 0.6 is 11.8 Å². The molecule has 1 aromatic heterocycles. The van der Waals surface area contributed by atoms with Gasteiger partial charge in [-0.2, -0.15) is 0 Å². The number of nitrogens with one attached hydrogen (secondary N) is 1. The molecule has 2 aliphatic carbocycles. The minimum atomic E-state index is 0.0802. The number of methoxy groups -OCH3 is 1. The van der Waals surface area contributed by atoms with Crippen molar-refractivity contribution in [3.05, 3.63) is 24.3 Å². The van der Waals surface area contributed by atoms with Gasteiger partial charge in [0.15, 0.2) is 11.0 Å². The second-order valence-corrected chi connectivity index (χ2v) is 9.66. The number of carbonyl (C=O) groups is 1. The fourth-order valence-electron chi connectivity index (χ4n) is 4.43. The number of nitrogens with zero attached hydrogens (tertiary/aromatic N) is 3. The van der Waals surface area contributed by atoms with Crippen LogP contribution in [0.1, 0.15) is 58.4 Å². The zero-order valence-electron chi connectivity index (χ0n) is 18.1. The Morgan fingerprint density at radius 1 is 1.20 bits per heavy atom. The summed E-state index contributed by atoms with van der Waals surface area (Å²) >= 11 is 1.50. The Morgan fingerprint density at radius 3 is 2.60 bits per heavy atom. The lowest BCUT2D eigenvalue weighted by atomic mass is 9.85. The standard InChI is InChI=1S/C23H32N4O2S/c1-15-6-4-5-7-20(15)27-22(18-10-12-19(29-3)13-11-18)25-26-23(27)30-14-21(28)24-16(2)17-8-9-17/h10-13,15-17,20H,4-9,14H2,1-3H3,(H,24,28)/t15-,16-,20-/m0/s1. The van der Waals surface area contributed by atoms with Crippen LogP contribution in [0.4, 0.5) is 0 Å². The average molecular weight is 429 g/mol. The largest absolute Gasteiger partial charge is 0.497 e.